The van der Waals surface area contributed by atoms with Gasteiger partial charge in [0.1, 0.15) is 6.10 Å². The summed E-state index contributed by atoms with van der Waals surface area (Å²) < 4.78 is 5.44. The lowest BCUT2D eigenvalue weighted by molar-refractivity contribution is -0.148. The van der Waals surface area contributed by atoms with Crippen molar-refractivity contribution < 1.29 is 14.3 Å². The molecular weight excluding hydrogens is 278 g/mol. The van der Waals surface area contributed by atoms with Crippen LogP contribution in [0.5, 0.6) is 0 Å². The number of nitrogens with zero attached hydrogens (tertiary/aromatic N) is 1. The van der Waals surface area contributed by atoms with Crippen LogP contribution in [0.4, 0.5) is 0 Å². The maximum absolute atomic E-state index is 13.0. The molecular formula is C18H21NO3. The van der Waals surface area contributed by atoms with E-state index in [1.54, 1.807) is 0 Å². The molecule has 1 aromatic rings. The summed E-state index contributed by atoms with van der Waals surface area (Å²) in [5.41, 5.74) is 1.13. The van der Waals surface area contributed by atoms with E-state index in [1.165, 1.54) is 0 Å². The third-order valence-electron chi connectivity index (χ3n) is 5.68. The monoisotopic (exact) mass is 299 g/mol. The van der Waals surface area contributed by atoms with Crippen molar-refractivity contribution in [2.24, 2.45) is 23.7 Å². The zero-order valence-corrected chi connectivity index (χ0v) is 12.8. The Morgan fingerprint density at radius 1 is 1.27 bits per heavy atom. The van der Waals surface area contributed by atoms with Crippen LogP contribution in [-0.2, 0) is 20.9 Å². The minimum absolute atomic E-state index is 0.0933. The fourth-order valence-electron chi connectivity index (χ4n) is 4.70. The van der Waals surface area contributed by atoms with Crippen LogP contribution in [0.15, 0.2) is 30.3 Å². The standard InChI is InChI=1S/C18H21NO3/c1-2-19(10-11-6-4-3-5-7-11)17(20)15-12-8-13-14(9-12)22-18(21)16(13)15/h3-7,12-16H,2,8-10H2,1H3. The Morgan fingerprint density at radius 3 is 2.77 bits per heavy atom. The Morgan fingerprint density at radius 2 is 2.05 bits per heavy atom. The average molecular weight is 299 g/mol. The van der Waals surface area contributed by atoms with E-state index in [4.69, 9.17) is 4.74 Å². The fraction of sp³-hybridized carbons (Fsp3) is 0.556. The lowest BCUT2D eigenvalue weighted by Crippen LogP contribution is -2.42. The predicted octanol–water partition coefficient (Wildman–Crippen LogP) is 2.23. The molecule has 1 saturated heterocycles. The van der Waals surface area contributed by atoms with Crippen molar-refractivity contribution in [3.63, 3.8) is 0 Å². The van der Waals surface area contributed by atoms with Crippen molar-refractivity contribution in [1.82, 2.24) is 4.90 Å². The molecule has 1 aliphatic heterocycles. The summed E-state index contributed by atoms with van der Waals surface area (Å²) >= 11 is 0. The SMILES string of the molecule is CCN(Cc1ccccc1)C(=O)C1C2CC3OC(=O)C1C3C2. The van der Waals surface area contributed by atoms with Gasteiger partial charge in [0.25, 0.3) is 0 Å². The molecule has 0 aromatic heterocycles. The van der Waals surface area contributed by atoms with E-state index in [1.807, 2.05) is 42.2 Å². The number of ether oxygens (including phenoxy) is 1. The number of carbonyl (C=O) groups is 2. The van der Waals surface area contributed by atoms with Gasteiger partial charge in [-0.25, -0.2) is 0 Å². The summed E-state index contributed by atoms with van der Waals surface area (Å²) in [6, 6.07) is 10.0. The van der Waals surface area contributed by atoms with E-state index in [-0.39, 0.29) is 29.8 Å². The van der Waals surface area contributed by atoms with Gasteiger partial charge in [-0.15, -0.1) is 0 Å². The molecule has 1 heterocycles. The summed E-state index contributed by atoms with van der Waals surface area (Å²) in [5.74, 6) is 0.303. The van der Waals surface area contributed by atoms with Gasteiger partial charge in [0.05, 0.1) is 11.8 Å². The normalized spacial score (nSPS) is 34.8. The van der Waals surface area contributed by atoms with Gasteiger partial charge in [-0.2, -0.15) is 0 Å². The number of carbonyl (C=O) groups excluding carboxylic acids is 2. The van der Waals surface area contributed by atoms with Crippen LogP contribution in [0.1, 0.15) is 25.3 Å². The minimum atomic E-state index is -0.180. The highest BCUT2D eigenvalue weighted by Gasteiger charge is 2.64. The van der Waals surface area contributed by atoms with Gasteiger partial charge in [0.15, 0.2) is 0 Å². The Hall–Kier alpha value is -1.84. The first-order valence-electron chi connectivity index (χ1n) is 8.22. The topological polar surface area (TPSA) is 46.6 Å². The zero-order chi connectivity index (χ0) is 15.3. The highest BCUT2D eigenvalue weighted by atomic mass is 16.6. The predicted molar refractivity (Wildman–Crippen MR) is 80.6 cm³/mol. The zero-order valence-electron chi connectivity index (χ0n) is 12.8. The molecule has 2 bridgehead atoms. The molecule has 5 unspecified atom stereocenters. The van der Waals surface area contributed by atoms with E-state index in [0.717, 1.165) is 18.4 Å². The molecule has 1 aromatic carbocycles. The number of hydrogen-bond donors (Lipinski definition) is 0. The maximum atomic E-state index is 13.0. The quantitative estimate of drug-likeness (QED) is 0.801. The molecule has 4 heteroatoms. The van der Waals surface area contributed by atoms with Gasteiger partial charge in [0, 0.05) is 19.0 Å². The van der Waals surface area contributed by atoms with Crippen molar-refractivity contribution in [1.29, 1.82) is 0 Å². The third kappa shape index (κ3) is 1.97. The molecule has 116 valence electrons. The first-order valence-corrected chi connectivity index (χ1v) is 8.22. The van der Waals surface area contributed by atoms with Crippen LogP contribution in [0.25, 0.3) is 0 Å². The van der Waals surface area contributed by atoms with Crippen molar-refractivity contribution in [3.8, 4) is 0 Å². The smallest absolute Gasteiger partial charge is 0.310 e. The highest BCUT2D eigenvalue weighted by Crippen LogP contribution is 2.58. The Balaban J connectivity index is 1.54. The largest absolute Gasteiger partial charge is 0.462 e. The second-order valence-electron chi connectivity index (χ2n) is 6.76. The van der Waals surface area contributed by atoms with Gasteiger partial charge >= 0.3 is 5.97 Å². The second kappa shape index (κ2) is 5.11. The average Bonchev–Trinajstić information content (AvgIpc) is 3.14. The van der Waals surface area contributed by atoms with Crippen LogP contribution in [0.3, 0.4) is 0 Å². The first kappa shape index (κ1) is 13.8. The van der Waals surface area contributed by atoms with Crippen molar-refractivity contribution in [3.05, 3.63) is 35.9 Å². The summed E-state index contributed by atoms with van der Waals surface area (Å²) in [6.07, 6.45) is 1.96. The molecule has 3 fully saturated rings. The van der Waals surface area contributed by atoms with Crippen LogP contribution in [-0.4, -0.2) is 29.4 Å². The molecule has 4 rings (SSSR count). The molecule has 2 aliphatic carbocycles. The van der Waals surface area contributed by atoms with Gasteiger partial charge < -0.3 is 9.64 Å². The van der Waals surface area contributed by atoms with Crippen LogP contribution >= 0.6 is 0 Å². The number of amides is 1. The van der Waals surface area contributed by atoms with Gasteiger partial charge in [-0.3, -0.25) is 9.59 Å². The summed E-state index contributed by atoms with van der Waals surface area (Å²) in [5, 5.41) is 0. The van der Waals surface area contributed by atoms with Crippen LogP contribution in [0.2, 0.25) is 0 Å². The number of esters is 1. The number of benzene rings is 1. The molecule has 5 atom stereocenters. The molecule has 1 amide bonds. The number of rotatable bonds is 4. The van der Waals surface area contributed by atoms with E-state index < -0.39 is 0 Å². The summed E-state index contributed by atoms with van der Waals surface area (Å²) in [4.78, 5) is 27.0. The lowest BCUT2D eigenvalue weighted by Gasteiger charge is -2.30. The first-order chi connectivity index (χ1) is 10.7. The van der Waals surface area contributed by atoms with Gasteiger partial charge in [0.2, 0.25) is 5.91 Å². The van der Waals surface area contributed by atoms with Crippen molar-refractivity contribution in [2.75, 3.05) is 6.54 Å². The Labute approximate surface area is 130 Å². The molecule has 0 radical (unpaired) electrons. The van der Waals surface area contributed by atoms with Crippen molar-refractivity contribution in [2.45, 2.75) is 32.4 Å². The van der Waals surface area contributed by atoms with Gasteiger partial charge in [-0.05, 0) is 31.2 Å². The minimum Gasteiger partial charge on any atom is -0.462 e. The third-order valence-corrected chi connectivity index (χ3v) is 5.68. The molecule has 3 aliphatic rings. The van der Waals surface area contributed by atoms with E-state index >= 15 is 0 Å². The lowest BCUT2D eigenvalue weighted by atomic mass is 9.79. The summed E-state index contributed by atoms with van der Waals surface area (Å²) in [7, 11) is 0. The van der Waals surface area contributed by atoms with Crippen LogP contribution < -0.4 is 0 Å². The second-order valence-corrected chi connectivity index (χ2v) is 6.76. The Kier molecular flexibility index (Phi) is 3.21. The summed E-state index contributed by atoms with van der Waals surface area (Å²) in [6.45, 7) is 3.30. The molecule has 0 N–H and O–H groups in total. The van der Waals surface area contributed by atoms with E-state index in [2.05, 4.69) is 0 Å². The van der Waals surface area contributed by atoms with Gasteiger partial charge in [-0.1, -0.05) is 30.3 Å². The molecule has 0 spiro atoms. The fourth-order valence-corrected chi connectivity index (χ4v) is 4.70. The highest BCUT2D eigenvalue weighted by molar-refractivity contribution is 5.88. The van der Waals surface area contributed by atoms with E-state index in [9.17, 15) is 9.59 Å². The maximum Gasteiger partial charge on any atom is 0.310 e. The van der Waals surface area contributed by atoms with Crippen molar-refractivity contribution >= 4 is 11.9 Å². The van der Waals surface area contributed by atoms with E-state index in [0.29, 0.717) is 24.9 Å². The molecule has 22 heavy (non-hydrogen) atoms. The van der Waals surface area contributed by atoms with Crippen LogP contribution in [0, 0.1) is 23.7 Å². The molecule has 2 saturated carbocycles. The molecule has 4 nitrogen and oxygen atoms in total. The number of fused-ring (bicyclic) bond motifs is 1. The number of hydrogen-bond acceptors (Lipinski definition) is 3. The Bertz CT molecular complexity index is 598.